The lowest BCUT2D eigenvalue weighted by Gasteiger charge is -2.08. The molecule has 0 aliphatic heterocycles. The fraction of sp³-hybridized carbons (Fsp3) is 0.158. The molecule has 0 fully saturated rings. The minimum absolute atomic E-state index is 0.100. The van der Waals surface area contributed by atoms with E-state index in [-0.39, 0.29) is 5.91 Å². The molecular weight excluding hydrogens is 304 g/mol. The maximum atomic E-state index is 12.3. The first-order valence-electron chi connectivity index (χ1n) is 7.46. The highest BCUT2D eigenvalue weighted by atomic mass is 32.1. The number of carbonyl (C=O) groups is 1. The molecule has 0 spiro atoms. The Kier molecular flexibility index (Phi) is 4.26. The third-order valence-electron chi connectivity index (χ3n) is 3.71. The van der Waals surface area contributed by atoms with Gasteiger partial charge in [0.1, 0.15) is 4.88 Å². The van der Waals surface area contributed by atoms with E-state index < -0.39 is 0 Å². The van der Waals surface area contributed by atoms with Gasteiger partial charge in [-0.15, -0.1) is 11.3 Å². The smallest absolute Gasteiger partial charge is 0.267 e. The third kappa shape index (κ3) is 3.32. The van der Waals surface area contributed by atoms with E-state index in [1.807, 2.05) is 50.2 Å². The van der Waals surface area contributed by atoms with Crippen molar-refractivity contribution in [2.24, 2.45) is 0 Å². The van der Waals surface area contributed by atoms with Crippen LogP contribution in [-0.4, -0.2) is 10.9 Å². The number of benzene rings is 2. The number of hydrogen-bond donors (Lipinski definition) is 1. The van der Waals surface area contributed by atoms with Crippen molar-refractivity contribution in [1.29, 1.82) is 0 Å². The molecule has 3 aromatic rings. The van der Waals surface area contributed by atoms with Crippen molar-refractivity contribution in [3.63, 3.8) is 0 Å². The van der Waals surface area contributed by atoms with Crippen LogP contribution in [0.3, 0.4) is 0 Å². The zero-order valence-electron chi connectivity index (χ0n) is 13.4. The van der Waals surface area contributed by atoms with E-state index >= 15 is 0 Å². The van der Waals surface area contributed by atoms with E-state index in [2.05, 4.69) is 29.4 Å². The van der Waals surface area contributed by atoms with Crippen molar-refractivity contribution in [3.05, 3.63) is 69.7 Å². The Bertz CT molecular complexity index is 850. The van der Waals surface area contributed by atoms with Crippen molar-refractivity contribution in [2.45, 2.75) is 20.8 Å². The van der Waals surface area contributed by atoms with E-state index in [1.54, 1.807) is 0 Å². The van der Waals surface area contributed by atoms with Gasteiger partial charge in [0.2, 0.25) is 0 Å². The fourth-order valence-electron chi connectivity index (χ4n) is 2.56. The molecule has 0 aliphatic carbocycles. The molecule has 0 saturated heterocycles. The largest absolute Gasteiger partial charge is 0.321 e. The highest BCUT2D eigenvalue weighted by molar-refractivity contribution is 7.13. The SMILES string of the molecule is Cc1nc(C)c(C(=O)Nc2ccc(-c3ccccc3C)cc2)s1. The van der Waals surface area contributed by atoms with Crippen LogP contribution < -0.4 is 5.32 Å². The maximum Gasteiger partial charge on any atom is 0.267 e. The first kappa shape index (κ1) is 15.4. The number of thiazole rings is 1. The van der Waals surface area contributed by atoms with Crippen molar-refractivity contribution in [1.82, 2.24) is 4.98 Å². The molecule has 1 heterocycles. The first-order chi connectivity index (χ1) is 11.0. The van der Waals surface area contributed by atoms with Crippen molar-refractivity contribution < 1.29 is 4.79 Å². The van der Waals surface area contributed by atoms with Gasteiger partial charge < -0.3 is 5.32 Å². The number of amides is 1. The van der Waals surface area contributed by atoms with Crippen LogP contribution in [0.25, 0.3) is 11.1 Å². The Morgan fingerprint density at radius 2 is 1.70 bits per heavy atom. The van der Waals surface area contributed by atoms with Crippen LogP contribution in [0.4, 0.5) is 5.69 Å². The number of nitrogens with zero attached hydrogens (tertiary/aromatic N) is 1. The molecule has 1 N–H and O–H groups in total. The Morgan fingerprint density at radius 1 is 1.00 bits per heavy atom. The molecule has 116 valence electrons. The van der Waals surface area contributed by atoms with Gasteiger partial charge in [-0.1, -0.05) is 36.4 Å². The molecule has 23 heavy (non-hydrogen) atoms. The molecule has 0 aliphatic rings. The Hall–Kier alpha value is -2.46. The minimum atomic E-state index is -0.100. The van der Waals surface area contributed by atoms with Crippen LogP contribution in [0, 0.1) is 20.8 Å². The monoisotopic (exact) mass is 322 g/mol. The first-order valence-corrected chi connectivity index (χ1v) is 8.27. The summed E-state index contributed by atoms with van der Waals surface area (Å²) in [5.74, 6) is -0.100. The molecule has 3 nitrogen and oxygen atoms in total. The molecule has 4 heteroatoms. The Labute approximate surface area is 140 Å². The van der Waals surface area contributed by atoms with Crippen LogP contribution >= 0.6 is 11.3 Å². The normalized spacial score (nSPS) is 10.6. The summed E-state index contributed by atoms with van der Waals surface area (Å²) >= 11 is 1.42. The highest BCUT2D eigenvalue weighted by Crippen LogP contribution is 2.25. The minimum Gasteiger partial charge on any atom is -0.321 e. The molecular formula is C19H18N2OS. The number of hydrogen-bond acceptors (Lipinski definition) is 3. The topological polar surface area (TPSA) is 42.0 Å². The zero-order chi connectivity index (χ0) is 16.4. The summed E-state index contributed by atoms with van der Waals surface area (Å²) in [5, 5.41) is 3.84. The van der Waals surface area contributed by atoms with E-state index in [9.17, 15) is 4.79 Å². The van der Waals surface area contributed by atoms with Gasteiger partial charge in [0, 0.05) is 5.69 Å². The molecule has 0 radical (unpaired) electrons. The van der Waals surface area contributed by atoms with Gasteiger partial charge in [0.25, 0.3) is 5.91 Å². The van der Waals surface area contributed by atoms with Crippen LogP contribution in [0.1, 0.15) is 25.9 Å². The van der Waals surface area contributed by atoms with Crippen LogP contribution in [0.15, 0.2) is 48.5 Å². The molecule has 2 aromatic carbocycles. The molecule has 1 aromatic heterocycles. The van der Waals surface area contributed by atoms with E-state index in [4.69, 9.17) is 0 Å². The van der Waals surface area contributed by atoms with Crippen molar-refractivity contribution in [3.8, 4) is 11.1 Å². The molecule has 0 saturated carbocycles. The van der Waals surface area contributed by atoms with Gasteiger partial charge >= 0.3 is 0 Å². The summed E-state index contributed by atoms with van der Waals surface area (Å²) in [6, 6.07) is 16.2. The number of aromatic nitrogens is 1. The second kappa shape index (κ2) is 6.34. The number of nitrogens with one attached hydrogen (secondary N) is 1. The summed E-state index contributed by atoms with van der Waals surface area (Å²) in [7, 11) is 0. The standard InChI is InChI=1S/C19H18N2OS/c1-12-6-4-5-7-17(12)15-8-10-16(11-9-15)21-19(22)18-13(2)20-14(3)23-18/h4-11H,1-3H3,(H,21,22). The van der Waals surface area contributed by atoms with Gasteiger partial charge in [-0.05, 0) is 49.6 Å². The lowest BCUT2D eigenvalue weighted by Crippen LogP contribution is -2.11. The summed E-state index contributed by atoms with van der Waals surface area (Å²) in [6.07, 6.45) is 0. The van der Waals surface area contributed by atoms with Gasteiger partial charge in [0.05, 0.1) is 10.7 Å². The van der Waals surface area contributed by atoms with Crippen LogP contribution in [-0.2, 0) is 0 Å². The Morgan fingerprint density at radius 3 is 2.30 bits per heavy atom. The summed E-state index contributed by atoms with van der Waals surface area (Å²) < 4.78 is 0. The van der Waals surface area contributed by atoms with Gasteiger partial charge in [0.15, 0.2) is 0 Å². The van der Waals surface area contributed by atoms with E-state index in [0.29, 0.717) is 4.88 Å². The molecule has 0 atom stereocenters. The van der Waals surface area contributed by atoms with Gasteiger partial charge in [-0.25, -0.2) is 4.98 Å². The average molecular weight is 322 g/mol. The van der Waals surface area contributed by atoms with Crippen molar-refractivity contribution >= 4 is 22.9 Å². The second-order valence-electron chi connectivity index (χ2n) is 5.49. The van der Waals surface area contributed by atoms with E-state index in [1.165, 1.54) is 22.5 Å². The summed E-state index contributed by atoms with van der Waals surface area (Å²) in [5.41, 5.74) is 5.16. The summed E-state index contributed by atoms with van der Waals surface area (Å²) in [4.78, 5) is 17.3. The zero-order valence-corrected chi connectivity index (χ0v) is 14.2. The lowest BCUT2D eigenvalue weighted by atomic mass is 10.0. The molecule has 0 bridgehead atoms. The van der Waals surface area contributed by atoms with Crippen molar-refractivity contribution in [2.75, 3.05) is 5.32 Å². The highest BCUT2D eigenvalue weighted by Gasteiger charge is 2.13. The van der Waals surface area contributed by atoms with Gasteiger partial charge in [-0.2, -0.15) is 0 Å². The average Bonchev–Trinajstić information content (AvgIpc) is 2.87. The number of carbonyl (C=O) groups excluding carboxylic acids is 1. The number of aryl methyl sites for hydroxylation is 3. The molecule has 1 amide bonds. The Balaban J connectivity index is 1.79. The fourth-order valence-corrected chi connectivity index (χ4v) is 3.37. The lowest BCUT2D eigenvalue weighted by molar-refractivity contribution is 0.103. The second-order valence-corrected chi connectivity index (χ2v) is 6.70. The number of anilines is 1. The molecule has 0 unspecified atom stereocenters. The molecule has 3 rings (SSSR count). The summed E-state index contributed by atoms with van der Waals surface area (Å²) in [6.45, 7) is 5.87. The number of rotatable bonds is 3. The van der Waals surface area contributed by atoms with E-state index in [0.717, 1.165) is 22.0 Å². The third-order valence-corrected chi connectivity index (χ3v) is 4.78. The van der Waals surface area contributed by atoms with Crippen LogP contribution in [0.2, 0.25) is 0 Å². The quantitative estimate of drug-likeness (QED) is 0.738. The maximum absolute atomic E-state index is 12.3. The van der Waals surface area contributed by atoms with Crippen LogP contribution in [0.5, 0.6) is 0 Å². The predicted octanol–water partition coefficient (Wildman–Crippen LogP) is 4.99. The predicted molar refractivity (Wildman–Crippen MR) is 96.2 cm³/mol. The van der Waals surface area contributed by atoms with Gasteiger partial charge in [-0.3, -0.25) is 4.79 Å².